The third-order valence-corrected chi connectivity index (χ3v) is 13.8. The highest BCUT2D eigenvalue weighted by atomic mass is 15.3. The zero-order valence-electron chi connectivity index (χ0n) is 35.9. The molecule has 0 unspecified atom stereocenters. The van der Waals surface area contributed by atoms with Gasteiger partial charge in [0.1, 0.15) is 6.33 Å². The molecule has 312 valence electrons. The normalized spacial score (nSPS) is 12.2. The average Bonchev–Trinajstić information content (AvgIpc) is 4.21. The van der Waals surface area contributed by atoms with Gasteiger partial charge in [0, 0.05) is 60.2 Å². The predicted molar refractivity (Wildman–Crippen MR) is 274 cm³/mol. The summed E-state index contributed by atoms with van der Waals surface area (Å²) < 4.78 is 11.5. The van der Waals surface area contributed by atoms with Gasteiger partial charge in [-0.3, -0.25) is 13.7 Å². The van der Waals surface area contributed by atoms with Gasteiger partial charge in [-0.2, -0.15) is 9.97 Å². The minimum atomic E-state index is 0.551. The highest BCUT2D eigenvalue weighted by molar-refractivity contribution is 6.27. The maximum absolute atomic E-state index is 5.78. The first-order valence-electron chi connectivity index (χ1n) is 22.6. The van der Waals surface area contributed by atoms with Gasteiger partial charge in [0.05, 0.1) is 44.1 Å². The molecule has 0 aliphatic carbocycles. The molecule has 0 saturated carbocycles. The topological polar surface area (TPSA) is 63.3 Å². The van der Waals surface area contributed by atoms with Crippen LogP contribution in [0.25, 0.3) is 127 Å². The number of aromatic nitrogens is 8. The molecule has 0 atom stereocenters. The summed E-state index contributed by atoms with van der Waals surface area (Å²) in [6.07, 6.45) is 1.89. The van der Waals surface area contributed by atoms with Crippen molar-refractivity contribution in [3.8, 4) is 28.8 Å². The molecule has 6 heterocycles. The SMILES string of the molecule is c1ccc(-n2cnc3c(-n4c5ccccc5c5ccc6c7ccccc7n(-c7ccccc7)c6c54)nc(-n4c5ccccc5c5c4ccc4c6ccccc6n(-c6ccccc6)c45)nc32)cc1. The third kappa shape index (κ3) is 4.93. The minimum absolute atomic E-state index is 0.551. The number of nitrogens with zero attached hydrogens (tertiary/aromatic N) is 8. The van der Waals surface area contributed by atoms with Crippen LogP contribution in [0.5, 0.6) is 0 Å². The van der Waals surface area contributed by atoms with E-state index in [1.165, 1.54) is 16.2 Å². The second kappa shape index (κ2) is 13.6. The lowest BCUT2D eigenvalue weighted by molar-refractivity contribution is 0.957. The monoisotopic (exact) mass is 856 g/mol. The first kappa shape index (κ1) is 36.1. The van der Waals surface area contributed by atoms with Crippen molar-refractivity contribution in [1.29, 1.82) is 0 Å². The number of hydrogen-bond acceptors (Lipinski definition) is 3. The van der Waals surface area contributed by atoms with Gasteiger partial charge in [0.25, 0.3) is 0 Å². The number of benzene rings is 9. The maximum atomic E-state index is 5.78. The zero-order valence-corrected chi connectivity index (χ0v) is 35.9. The Morgan fingerprint density at radius 1 is 0.299 bits per heavy atom. The van der Waals surface area contributed by atoms with Gasteiger partial charge >= 0.3 is 0 Å². The Hall–Kier alpha value is -9.27. The molecule has 0 N–H and O–H groups in total. The van der Waals surface area contributed by atoms with Gasteiger partial charge in [-0.25, -0.2) is 4.98 Å². The van der Waals surface area contributed by atoms with E-state index in [9.17, 15) is 0 Å². The van der Waals surface area contributed by atoms with Crippen molar-refractivity contribution in [2.24, 2.45) is 0 Å². The van der Waals surface area contributed by atoms with E-state index in [0.717, 1.165) is 88.1 Å². The van der Waals surface area contributed by atoms with Crippen molar-refractivity contribution < 1.29 is 0 Å². The summed E-state index contributed by atoms with van der Waals surface area (Å²) in [5.41, 5.74) is 13.2. The number of imidazole rings is 1. The quantitative estimate of drug-likeness (QED) is 0.173. The zero-order chi connectivity index (χ0) is 43.7. The van der Waals surface area contributed by atoms with Crippen molar-refractivity contribution in [2.45, 2.75) is 0 Å². The second-order valence-electron chi connectivity index (χ2n) is 17.3. The highest BCUT2D eigenvalue weighted by Crippen LogP contribution is 2.44. The Balaban J connectivity index is 1.13. The molecule has 9 aromatic carbocycles. The molecule has 0 spiro atoms. The van der Waals surface area contributed by atoms with E-state index in [4.69, 9.17) is 15.0 Å². The fraction of sp³-hybridized carbons (Fsp3) is 0. The molecule has 0 bridgehead atoms. The Morgan fingerprint density at radius 3 is 1.31 bits per heavy atom. The summed E-state index contributed by atoms with van der Waals surface area (Å²) in [6, 6.07) is 75.6. The molecule has 0 aliphatic rings. The predicted octanol–water partition coefficient (Wildman–Crippen LogP) is 14.2. The van der Waals surface area contributed by atoms with E-state index in [2.05, 4.69) is 229 Å². The molecule has 15 aromatic rings. The van der Waals surface area contributed by atoms with Crippen molar-refractivity contribution in [3.05, 3.63) is 219 Å². The lowest BCUT2D eigenvalue weighted by atomic mass is 10.1. The first-order chi connectivity index (χ1) is 33.3. The van der Waals surface area contributed by atoms with Crippen molar-refractivity contribution in [2.75, 3.05) is 0 Å². The van der Waals surface area contributed by atoms with Crippen LogP contribution in [0.4, 0.5) is 0 Å². The average molecular weight is 857 g/mol. The van der Waals surface area contributed by atoms with Gasteiger partial charge in [-0.05, 0) is 66.7 Å². The van der Waals surface area contributed by atoms with E-state index < -0.39 is 0 Å². The minimum Gasteiger partial charge on any atom is -0.309 e. The summed E-state index contributed by atoms with van der Waals surface area (Å²) in [5, 5.41) is 9.27. The number of hydrogen-bond donors (Lipinski definition) is 0. The largest absolute Gasteiger partial charge is 0.309 e. The molecule has 0 amide bonds. The molecule has 0 saturated heterocycles. The third-order valence-electron chi connectivity index (χ3n) is 13.8. The Kier molecular flexibility index (Phi) is 7.34. The first-order valence-corrected chi connectivity index (χ1v) is 22.6. The van der Waals surface area contributed by atoms with E-state index in [1.807, 2.05) is 12.4 Å². The number of fused-ring (bicyclic) bond motifs is 15. The van der Waals surface area contributed by atoms with Crippen LogP contribution in [0.3, 0.4) is 0 Å². The molecule has 8 nitrogen and oxygen atoms in total. The fourth-order valence-corrected chi connectivity index (χ4v) is 11.0. The summed E-state index contributed by atoms with van der Waals surface area (Å²) in [6.45, 7) is 0. The summed E-state index contributed by atoms with van der Waals surface area (Å²) >= 11 is 0. The lowest BCUT2D eigenvalue weighted by Gasteiger charge is -2.14. The summed E-state index contributed by atoms with van der Waals surface area (Å²) in [4.78, 5) is 16.6. The van der Waals surface area contributed by atoms with E-state index in [1.54, 1.807) is 0 Å². The van der Waals surface area contributed by atoms with Crippen LogP contribution >= 0.6 is 0 Å². The number of para-hydroxylation sites is 7. The summed E-state index contributed by atoms with van der Waals surface area (Å²) in [7, 11) is 0. The van der Waals surface area contributed by atoms with E-state index >= 15 is 0 Å². The Morgan fingerprint density at radius 2 is 0.731 bits per heavy atom. The molecule has 8 heteroatoms. The van der Waals surface area contributed by atoms with Gasteiger partial charge in [-0.15, -0.1) is 0 Å². The molecule has 0 fully saturated rings. The second-order valence-corrected chi connectivity index (χ2v) is 17.3. The van der Waals surface area contributed by atoms with Crippen LogP contribution in [0, 0.1) is 0 Å². The van der Waals surface area contributed by atoms with Gasteiger partial charge < -0.3 is 9.13 Å². The van der Waals surface area contributed by atoms with Crippen LogP contribution in [0.15, 0.2) is 219 Å². The van der Waals surface area contributed by atoms with Crippen LogP contribution < -0.4 is 0 Å². The van der Waals surface area contributed by atoms with Crippen LogP contribution in [0.1, 0.15) is 0 Å². The lowest BCUT2D eigenvalue weighted by Crippen LogP contribution is -2.09. The Bertz CT molecular complexity index is 4490. The highest BCUT2D eigenvalue weighted by Gasteiger charge is 2.27. The summed E-state index contributed by atoms with van der Waals surface area (Å²) in [5.74, 6) is 1.25. The van der Waals surface area contributed by atoms with Gasteiger partial charge in [0.2, 0.25) is 5.95 Å². The fourth-order valence-electron chi connectivity index (χ4n) is 11.0. The molecule has 67 heavy (non-hydrogen) atoms. The number of rotatable bonds is 5. The smallest absolute Gasteiger partial charge is 0.238 e. The van der Waals surface area contributed by atoms with Crippen LogP contribution in [0.2, 0.25) is 0 Å². The molecular weight excluding hydrogens is 821 g/mol. The molecular formula is C59H36N8. The molecule has 0 aliphatic heterocycles. The standard InChI is InChI=1S/C59H36N8/c1-4-18-37(19-5-1)63-36-60-53-57(63)61-59(66-50-31-17-13-27-46(50)52-51(66)35-34-43-40-24-10-14-28-47(40)64(54(43)52)38-20-6-2-7-21-38)62-58(53)67-49-30-16-12-26-42(49)45-33-32-44-41-25-11-15-29-48(41)65(55(44)56(45)67)39-22-8-3-9-23-39/h1-36H. The van der Waals surface area contributed by atoms with Crippen molar-refractivity contribution in [3.63, 3.8) is 0 Å². The molecule has 0 radical (unpaired) electrons. The van der Waals surface area contributed by atoms with Gasteiger partial charge in [0.15, 0.2) is 17.0 Å². The van der Waals surface area contributed by atoms with Crippen molar-refractivity contribution >= 4 is 98.4 Å². The molecule has 6 aromatic heterocycles. The van der Waals surface area contributed by atoms with Crippen LogP contribution in [-0.2, 0) is 0 Å². The molecule has 15 rings (SSSR count). The van der Waals surface area contributed by atoms with Gasteiger partial charge in [-0.1, -0.05) is 146 Å². The Labute approximate surface area is 382 Å². The van der Waals surface area contributed by atoms with Crippen molar-refractivity contribution in [1.82, 2.24) is 37.8 Å². The van der Waals surface area contributed by atoms with Crippen LogP contribution in [-0.4, -0.2) is 37.8 Å². The maximum Gasteiger partial charge on any atom is 0.238 e. The van der Waals surface area contributed by atoms with E-state index in [-0.39, 0.29) is 0 Å². The van der Waals surface area contributed by atoms with E-state index in [0.29, 0.717) is 22.9 Å².